The van der Waals surface area contributed by atoms with Crippen LogP contribution in [0.5, 0.6) is 0 Å². The molecule has 0 bridgehead atoms. The maximum Gasteiger partial charge on any atom is 0.277 e. The van der Waals surface area contributed by atoms with E-state index >= 15 is 0 Å². The maximum absolute atomic E-state index is 11.9. The molecule has 0 aliphatic heterocycles. The monoisotopic (exact) mass is 402 g/mol. The van der Waals surface area contributed by atoms with Gasteiger partial charge >= 0.3 is 0 Å². The van der Waals surface area contributed by atoms with Crippen molar-refractivity contribution < 1.29 is 14.0 Å². The Morgan fingerprint density at radius 1 is 1.07 bits per heavy atom. The van der Waals surface area contributed by atoms with Crippen molar-refractivity contribution in [2.45, 2.75) is 12.1 Å². The van der Waals surface area contributed by atoms with E-state index in [-0.39, 0.29) is 16.9 Å². The van der Waals surface area contributed by atoms with Gasteiger partial charge in [0, 0.05) is 5.56 Å². The molecule has 9 heteroatoms. The highest BCUT2D eigenvalue weighted by molar-refractivity contribution is 7.99. The van der Waals surface area contributed by atoms with Crippen LogP contribution >= 0.6 is 23.4 Å². The lowest BCUT2D eigenvalue weighted by Gasteiger charge is -2.06. The van der Waals surface area contributed by atoms with Crippen LogP contribution in [0.25, 0.3) is 11.5 Å². The summed E-state index contributed by atoms with van der Waals surface area (Å²) < 4.78 is 5.50. The van der Waals surface area contributed by atoms with Crippen LogP contribution in [0.2, 0.25) is 5.02 Å². The molecule has 0 spiro atoms. The first-order chi connectivity index (χ1) is 13.0. The second-order valence-electron chi connectivity index (χ2n) is 5.51. The predicted octanol–water partition coefficient (Wildman–Crippen LogP) is 3.25. The Labute approximate surface area is 164 Å². The van der Waals surface area contributed by atoms with E-state index < -0.39 is 11.8 Å². The molecule has 3 aromatic rings. The highest BCUT2D eigenvalue weighted by Crippen LogP contribution is 2.28. The van der Waals surface area contributed by atoms with Gasteiger partial charge in [-0.2, -0.15) is 0 Å². The zero-order chi connectivity index (χ0) is 19.2. The van der Waals surface area contributed by atoms with Gasteiger partial charge in [0.1, 0.15) is 0 Å². The molecule has 3 rings (SSSR count). The molecular weight excluding hydrogens is 388 g/mol. The van der Waals surface area contributed by atoms with Gasteiger partial charge in [-0.05, 0) is 31.2 Å². The number of nitrogens with zero attached hydrogens (tertiary/aromatic N) is 2. The van der Waals surface area contributed by atoms with Crippen molar-refractivity contribution in [3.8, 4) is 11.5 Å². The van der Waals surface area contributed by atoms with Gasteiger partial charge in [0.2, 0.25) is 11.8 Å². The molecule has 0 fully saturated rings. The summed E-state index contributed by atoms with van der Waals surface area (Å²) in [5, 5.41) is 8.52. The SMILES string of the molecule is Cc1ccc(C(=O)NNC(=O)CSc2nnc(-c3ccccc3Cl)o2)cc1. The number of halogens is 1. The summed E-state index contributed by atoms with van der Waals surface area (Å²) in [7, 11) is 0. The molecule has 2 aromatic carbocycles. The molecule has 2 N–H and O–H groups in total. The first-order valence-corrected chi connectivity index (χ1v) is 9.26. The summed E-state index contributed by atoms with van der Waals surface area (Å²) in [6.45, 7) is 1.93. The third-order valence-corrected chi connectivity index (χ3v) is 4.61. The first kappa shape index (κ1) is 18.9. The highest BCUT2D eigenvalue weighted by Gasteiger charge is 2.14. The Morgan fingerprint density at radius 2 is 1.81 bits per heavy atom. The lowest BCUT2D eigenvalue weighted by atomic mass is 10.1. The summed E-state index contributed by atoms with van der Waals surface area (Å²) in [6, 6.07) is 14.1. The maximum atomic E-state index is 11.9. The topological polar surface area (TPSA) is 97.1 Å². The Bertz CT molecular complexity index is 959. The van der Waals surface area contributed by atoms with Crippen LogP contribution < -0.4 is 10.9 Å². The number of aromatic nitrogens is 2. The number of thioether (sulfide) groups is 1. The highest BCUT2D eigenvalue weighted by atomic mass is 35.5. The van der Waals surface area contributed by atoms with Gasteiger partial charge in [0.25, 0.3) is 11.1 Å². The number of benzene rings is 2. The van der Waals surface area contributed by atoms with Gasteiger partial charge in [0.15, 0.2) is 0 Å². The molecule has 0 aliphatic rings. The summed E-state index contributed by atoms with van der Waals surface area (Å²) in [4.78, 5) is 23.8. The van der Waals surface area contributed by atoms with E-state index in [0.29, 0.717) is 16.1 Å². The van der Waals surface area contributed by atoms with Crippen LogP contribution in [0.1, 0.15) is 15.9 Å². The lowest BCUT2D eigenvalue weighted by Crippen LogP contribution is -2.42. The average molecular weight is 403 g/mol. The van der Waals surface area contributed by atoms with E-state index in [1.165, 1.54) is 0 Å². The van der Waals surface area contributed by atoms with Crippen LogP contribution in [0.15, 0.2) is 58.2 Å². The van der Waals surface area contributed by atoms with Gasteiger partial charge in [-0.3, -0.25) is 20.4 Å². The molecule has 2 amide bonds. The number of amides is 2. The van der Waals surface area contributed by atoms with E-state index in [1.54, 1.807) is 30.3 Å². The Morgan fingerprint density at radius 3 is 2.56 bits per heavy atom. The average Bonchev–Trinajstić information content (AvgIpc) is 3.14. The summed E-state index contributed by atoms with van der Waals surface area (Å²) in [6.07, 6.45) is 0. The van der Waals surface area contributed by atoms with E-state index in [0.717, 1.165) is 17.3 Å². The van der Waals surface area contributed by atoms with Crippen molar-refractivity contribution in [1.82, 2.24) is 21.0 Å². The molecule has 138 valence electrons. The molecule has 0 unspecified atom stereocenters. The van der Waals surface area contributed by atoms with Crippen molar-refractivity contribution in [2.24, 2.45) is 0 Å². The number of carbonyl (C=O) groups excluding carboxylic acids is 2. The number of nitrogens with one attached hydrogen (secondary N) is 2. The van der Waals surface area contributed by atoms with Crippen LogP contribution in [0.3, 0.4) is 0 Å². The summed E-state index contributed by atoms with van der Waals surface area (Å²) >= 11 is 7.14. The largest absolute Gasteiger partial charge is 0.411 e. The van der Waals surface area contributed by atoms with Gasteiger partial charge < -0.3 is 4.42 Å². The molecular formula is C18H15ClN4O3S. The van der Waals surface area contributed by atoms with Crippen LogP contribution in [0.4, 0.5) is 0 Å². The molecule has 27 heavy (non-hydrogen) atoms. The van der Waals surface area contributed by atoms with E-state index in [4.69, 9.17) is 16.0 Å². The smallest absolute Gasteiger partial charge is 0.277 e. The van der Waals surface area contributed by atoms with E-state index in [1.807, 2.05) is 25.1 Å². The lowest BCUT2D eigenvalue weighted by molar-refractivity contribution is -0.119. The van der Waals surface area contributed by atoms with Gasteiger partial charge in [-0.25, -0.2) is 0 Å². The second-order valence-corrected chi connectivity index (χ2v) is 6.84. The zero-order valence-corrected chi connectivity index (χ0v) is 15.8. The Balaban J connectivity index is 1.49. The quantitative estimate of drug-likeness (QED) is 0.502. The Hall–Kier alpha value is -2.84. The number of hydrogen-bond acceptors (Lipinski definition) is 6. The second kappa shape index (κ2) is 8.70. The molecule has 7 nitrogen and oxygen atoms in total. The number of rotatable bonds is 5. The fraction of sp³-hybridized carbons (Fsp3) is 0.111. The third kappa shape index (κ3) is 5.08. The van der Waals surface area contributed by atoms with Crippen molar-refractivity contribution >= 4 is 35.2 Å². The molecule has 1 heterocycles. The minimum Gasteiger partial charge on any atom is -0.411 e. The van der Waals surface area contributed by atoms with Gasteiger partial charge in [-0.1, -0.05) is 53.2 Å². The fourth-order valence-corrected chi connectivity index (χ4v) is 2.86. The van der Waals surface area contributed by atoms with Crippen LogP contribution in [-0.2, 0) is 4.79 Å². The molecule has 1 aromatic heterocycles. The minimum absolute atomic E-state index is 0.00165. The third-order valence-electron chi connectivity index (χ3n) is 3.47. The van der Waals surface area contributed by atoms with Crippen LogP contribution in [-0.4, -0.2) is 27.8 Å². The molecule has 0 radical (unpaired) electrons. The minimum atomic E-state index is -0.405. The van der Waals surface area contributed by atoms with Crippen LogP contribution in [0, 0.1) is 6.92 Å². The van der Waals surface area contributed by atoms with Gasteiger partial charge in [-0.15, -0.1) is 10.2 Å². The summed E-state index contributed by atoms with van der Waals surface area (Å²) in [5.74, 6) is -0.528. The molecule has 0 saturated heterocycles. The van der Waals surface area contributed by atoms with E-state index in [9.17, 15) is 9.59 Å². The number of carbonyl (C=O) groups is 2. The van der Waals surface area contributed by atoms with Crippen molar-refractivity contribution in [3.63, 3.8) is 0 Å². The van der Waals surface area contributed by atoms with Crippen molar-refractivity contribution in [3.05, 3.63) is 64.7 Å². The number of hydrogen-bond donors (Lipinski definition) is 2. The molecule has 0 aliphatic carbocycles. The zero-order valence-electron chi connectivity index (χ0n) is 14.2. The predicted molar refractivity (Wildman–Crippen MR) is 102 cm³/mol. The number of hydrazine groups is 1. The first-order valence-electron chi connectivity index (χ1n) is 7.90. The number of aryl methyl sites for hydroxylation is 1. The Kier molecular flexibility index (Phi) is 6.10. The molecule has 0 atom stereocenters. The normalized spacial score (nSPS) is 10.4. The van der Waals surface area contributed by atoms with Crippen molar-refractivity contribution in [2.75, 3.05) is 5.75 Å². The fourth-order valence-electron chi connectivity index (χ4n) is 2.08. The standard InChI is InChI=1S/C18H15ClN4O3S/c1-11-6-8-12(9-7-11)16(25)21-20-15(24)10-27-18-23-22-17(26-18)13-4-2-3-5-14(13)19/h2-9H,10H2,1H3,(H,20,24)(H,21,25). The molecule has 0 saturated carbocycles. The van der Waals surface area contributed by atoms with Crippen molar-refractivity contribution in [1.29, 1.82) is 0 Å². The van der Waals surface area contributed by atoms with Gasteiger partial charge in [0.05, 0.1) is 16.3 Å². The van der Waals surface area contributed by atoms with E-state index in [2.05, 4.69) is 21.0 Å². The summed E-state index contributed by atoms with van der Waals surface area (Å²) in [5.41, 5.74) is 6.82.